The average Bonchev–Trinajstić information content (AvgIpc) is 2.37. The lowest BCUT2D eigenvalue weighted by atomic mass is 10.1. The van der Waals surface area contributed by atoms with Crippen LogP contribution in [-0.2, 0) is 32.2 Å². The van der Waals surface area contributed by atoms with Gasteiger partial charge in [-0.15, -0.1) is 0 Å². The molecular weight excluding hydrogens is 312 g/mol. The van der Waals surface area contributed by atoms with E-state index in [-0.39, 0.29) is 18.1 Å². The van der Waals surface area contributed by atoms with Crippen molar-refractivity contribution in [3.63, 3.8) is 0 Å². The van der Waals surface area contributed by atoms with Crippen molar-refractivity contribution < 1.29 is 16.8 Å². The molecule has 6 nitrogen and oxygen atoms in total. The topological polar surface area (TPSA) is 83.6 Å². The minimum atomic E-state index is -3.51. The molecule has 0 aliphatic heterocycles. The third-order valence-electron chi connectivity index (χ3n) is 3.00. The van der Waals surface area contributed by atoms with E-state index in [1.54, 1.807) is 12.1 Å². The normalized spacial score (nSPS) is 12.8. The fourth-order valence-corrected chi connectivity index (χ4v) is 3.64. The fraction of sp³-hybridized carbons (Fsp3) is 0.538. The predicted molar refractivity (Wildman–Crippen MR) is 84.2 cm³/mol. The Balaban J connectivity index is 2.70. The zero-order valence-corrected chi connectivity index (χ0v) is 14.2. The molecular formula is C13H22N2O4S2. The lowest BCUT2D eigenvalue weighted by molar-refractivity contribution is 0.484. The van der Waals surface area contributed by atoms with E-state index in [0.29, 0.717) is 5.56 Å². The van der Waals surface area contributed by atoms with Gasteiger partial charge in [0.25, 0.3) is 0 Å². The smallest absolute Gasteiger partial charge is 0.218 e. The van der Waals surface area contributed by atoms with Gasteiger partial charge in [0.2, 0.25) is 10.0 Å². The molecule has 1 rings (SSSR count). The van der Waals surface area contributed by atoms with Crippen LogP contribution in [0.25, 0.3) is 0 Å². The van der Waals surface area contributed by atoms with Gasteiger partial charge in [-0.1, -0.05) is 24.3 Å². The van der Waals surface area contributed by atoms with E-state index >= 15 is 0 Å². The summed E-state index contributed by atoms with van der Waals surface area (Å²) < 4.78 is 47.6. The van der Waals surface area contributed by atoms with E-state index in [4.69, 9.17) is 0 Å². The summed E-state index contributed by atoms with van der Waals surface area (Å²) in [5.74, 6) is -0.309. The maximum atomic E-state index is 12.1. The van der Waals surface area contributed by atoms with Gasteiger partial charge in [-0.25, -0.2) is 21.1 Å². The Morgan fingerprint density at radius 2 is 1.57 bits per heavy atom. The lowest BCUT2D eigenvalue weighted by Gasteiger charge is -2.16. The maximum Gasteiger partial charge on any atom is 0.218 e. The van der Waals surface area contributed by atoms with E-state index in [1.807, 2.05) is 19.2 Å². The van der Waals surface area contributed by atoms with Crippen LogP contribution in [0.1, 0.15) is 11.1 Å². The van der Waals surface area contributed by atoms with Gasteiger partial charge in [-0.2, -0.15) is 0 Å². The Hall–Kier alpha value is -0.960. The third kappa shape index (κ3) is 6.56. The lowest BCUT2D eigenvalue weighted by Crippen LogP contribution is -2.32. The van der Waals surface area contributed by atoms with Crippen molar-refractivity contribution in [2.75, 3.05) is 32.6 Å². The molecule has 0 amide bonds. The first-order chi connectivity index (χ1) is 9.64. The van der Waals surface area contributed by atoms with Crippen LogP contribution in [0.5, 0.6) is 0 Å². The summed E-state index contributed by atoms with van der Waals surface area (Å²) in [5, 5.41) is 3.02. The van der Waals surface area contributed by atoms with Crippen LogP contribution in [0.4, 0.5) is 0 Å². The minimum Gasteiger partial charge on any atom is -0.316 e. The van der Waals surface area contributed by atoms with Gasteiger partial charge in [0.1, 0.15) is 9.84 Å². The molecule has 0 aliphatic carbocycles. The number of hydrogen-bond acceptors (Lipinski definition) is 5. The molecule has 0 unspecified atom stereocenters. The molecule has 0 aromatic heterocycles. The molecule has 0 saturated carbocycles. The van der Waals surface area contributed by atoms with Gasteiger partial charge in [-0.3, -0.25) is 0 Å². The molecule has 0 aliphatic rings. The first-order valence-corrected chi connectivity index (χ1v) is 10.1. The summed E-state index contributed by atoms with van der Waals surface area (Å²) in [7, 11) is -3.44. The number of benzene rings is 1. The van der Waals surface area contributed by atoms with Crippen molar-refractivity contribution in [2.45, 2.75) is 12.3 Å². The van der Waals surface area contributed by atoms with Gasteiger partial charge in [0, 0.05) is 26.4 Å². The predicted octanol–water partition coefficient (Wildman–Crippen LogP) is 0.212. The van der Waals surface area contributed by atoms with Gasteiger partial charge < -0.3 is 5.32 Å². The van der Waals surface area contributed by atoms with Gasteiger partial charge in [0.15, 0.2) is 0 Å². The molecule has 0 radical (unpaired) electrons. The second kappa shape index (κ2) is 7.35. The highest BCUT2D eigenvalue weighted by molar-refractivity contribution is 7.90. The third-order valence-corrected chi connectivity index (χ3v) is 5.76. The Morgan fingerprint density at radius 3 is 2.05 bits per heavy atom. The zero-order valence-electron chi connectivity index (χ0n) is 12.5. The van der Waals surface area contributed by atoms with Crippen molar-refractivity contribution in [1.82, 2.24) is 9.62 Å². The highest BCUT2D eigenvalue weighted by Crippen LogP contribution is 2.11. The molecule has 1 N–H and O–H groups in total. The van der Waals surface area contributed by atoms with E-state index < -0.39 is 19.9 Å². The first kappa shape index (κ1) is 18.1. The molecule has 0 fully saturated rings. The van der Waals surface area contributed by atoms with Crippen molar-refractivity contribution in [3.8, 4) is 0 Å². The molecule has 0 spiro atoms. The Bertz CT molecular complexity index is 652. The SMILES string of the molecule is CNCc1ccc(CS(=O)(=O)N(C)CCS(C)(=O)=O)cc1. The second-order valence-corrected chi connectivity index (χ2v) is 9.39. The Morgan fingerprint density at radius 1 is 1.05 bits per heavy atom. The van der Waals surface area contributed by atoms with Gasteiger partial charge in [-0.05, 0) is 18.2 Å². The van der Waals surface area contributed by atoms with Crippen LogP contribution in [0.3, 0.4) is 0 Å². The summed E-state index contributed by atoms with van der Waals surface area (Å²) in [6.45, 7) is 0.695. The van der Waals surface area contributed by atoms with Crippen LogP contribution < -0.4 is 5.32 Å². The minimum absolute atomic E-state index is 0.0288. The summed E-state index contributed by atoms with van der Waals surface area (Å²) in [6.07, 6.45) is 1.09. The molecule has 1 aromatic rings. The van der Waals surface area contributed by atoms with Crippen molar-refractivity contribution in [3.05, 3.63) is 35.4 Å². The second-order valence-electron chi connectivity index (χ2n) is 5.05. The quantitative estimate of drug-likeness (QED) is 0.735. The summed E-state index contributed by atoms with van der Waals surface area (Å²) in [5.41, 5.74) is 1.75. The maximum absolute atomic E-state index is 12.1. The Kier molecular flexibility index (Phi) is 6.33. The van der Waals surface area contributed by atoms with Crippen molar-refractivity contribution in [2.24, 2.45) is 0 Å². The van der Waals surface area contributed by atoms with E-state index in [2.05, 4.69) is 5.32 Å². The number of nitrogens with one attached hydrogen (secondary N) is 1. The number of sulfone groups is 1. The first-order valence-electron chi connectivity index (χ1n) is 6.48. The fourth-order valence-electron chi connectivity index (χ4n) is 1.71. The molecule has 0 atom stereocenters. The van der Waals surface area contributed by atoms with Crippen molar-refractivity contribution in [1.29, 1.82) is 0 Å². The largest absolute Gasteiger partial charge is 0.316 e. The van der Waals surface area contributed by atoms with Crippen LogP contribution in [0.2, 0.25) is 0 Å². The van der Waals surface area contributed by atoms with Crippen molar-refractivity contribution >= 4 is 19.9 Å². The highest BCUT2D eigenvalue weighted by atomic mass is 32.2. The highest BCUT2D eigenvalue weighted by Gasteiger charge is 2.19. The summed E-state index contributed by atoms with van der Waals surface area (Å²) >= 11 is 0. The zero-order chi connectivity index (χ0) is 16.1. The number of nitrogens with zero attached hydrogens (tertiary/aromatic N) is 1. The average molecular weight is 334 g/mol. The van der Waals surface area contributed by atoms with E-state index in [1.165, 1.54) is 7.05 Å². The van der Waals surface area contributed by atoms with Gasteiger partial charge in [0.05, 0.1) is 11.5 Å². The van der Waals surface area contributed by atoms with Crippen LogP contribution in [0.15, 0.2) is 24.3 Å². The summed E-state index contributed by atoms with van der Waals surface area (Å²) in [4.78, 5) is 0. The van der Waals surface area contributed by atoms with E-state index in [9.17, 15) is 16.8 Å². The standard InChI is InChI=1S/C13H22N2O4S2/c1-14-10-12-4-6-13(7-5-12)11-21(18,19)15(2)8-9-20(3,16)17/h4-7,14H,8-11H2,1-3H3. The number of sulfonamides is 1. The molecule has 0 bridgehead atoms. The van der Waals surface area contributed by atoms with Gasteiger partial charge >= 0.3 is 0 Å². The monoisotopic (exact) mass is 334 g/mol. The summed E-state index contributed by atoms with van der Waals surface area (Å²) in [6, 6.07) is 7.29. The molecule has 120 valence electrons. The number of rotatable bonds is 8. The molecule has 0 heterocycles. The molecule has 21 heavy (non-hydrogen) atoms. The molecule has 1 aromatic carbocycles. The molecule has 8 heteroatoms. The van der Waals surface area contributed by atoms with Crippen LogP contribution in [0, 0.1) is 0 Å². The molecule has 0 saturated heterocycles. The van der Waals surface area contributed by atoms with E-state index in [0.717, 1.165) is 22.7 Å². The number of hydrogen-bond donors (Lipinski definition) is 1. The van der Waals surface area contributed by atoms with Crippen LogP contribution in [-0.4, -0.2) is 53.8 Å². The Labute approximate surface area is 127 Å². The van der Waals surface area contributed by atoms with Crippen LogP contribution >= 0.6 is 0 Å².